The molecule has 2 aliphatic rings. The zero-order chi connectivity index (χ0) is 24.7. The van der Waals surface area contributed by atoms with Gasteiger partial charge in [-0.1, -0.05) is 20.4 Å². The maximum Gasteiger partial charge on any atom is 0.331 e. The minimum absolute atomic E-state index is 0.140. The highest BCUT2D eigenvalue weighted by molar-refractivity contribution is 7.21. The average Bonchev–Trinajstić information content (AvgIpc) is 3.23. The summed E-state index contributed by atoms with van der Waals surface area (Å²) in [6.45, 7) is 8.73. The molecule has 1 unspecified atom stereocenters. The molecule has 35 heavy (non-hydrogen) atoms. The topological polar surface area (TPSA) is 108 Å². The van der Waals surface area contributed by atoms with Crippen LogP contribution < -0.4 is 15.5 Å². The predicted molar refractivity (Wildman–Crippen MR) is 136 cm³/mol. The first-order valence-corrected chi connectivity index (χ1v) is 12.4. The average molecular weight is 491 g/mol. The number of pyridine rings is 2. The Balaban J connectivity index is 1.48. The largest absolute Gasteiger partial charge is 0.347 e. The van der Waals surface area contributed by atoms with Crippen LogP contribution in [-0.4, -0.2) is 51.8 Å². The molecule has 1 fully saturated rings. The summed E-state index contributed by atoms with van der Waals surface area (Å²) in [6, 6.07) is 4.96. The Morgan fingerprint density at radius 3 is 2.86 bits per heavy atom. The number of hydrogen-bond acceptors (Lipinski definition) is 6. The van der Waals surface area contributed by atoms with Gasteiger partial charge in [-0.2, -0.15) is 0 Å². The van der Waals surface area contributed by atoms with Gasteiger partial charge in [-0.15, -0.1) is 11.3 Å². The predicted octanol–water partition coefficient (Wildman–Crippen LogP) is 4.41. The van der Waals surface area contributed by atoms with Crippen molar-refractivity contribution in [1.82, 2.24) is 20.2 Å². The van der Waals surface area contributed by atoms with Gasteiger partial charge in [-0.3, -0.25) is 19.5 Å². The number of amides is 4. The number of thiophene rings is 1. The summed E-state index contributed by atoms with van der Waals surface area (Å²) < 4.78 is 0. The second kappa shape index (κ2) is 9.10. The molecule has 1 atom stereocenters. The summed E-state index contributed by atoms with van der Waals surface area (Å²) >= 11 is 1.24. The van der Waals surface area contributed by atoms with E-state index in [1.807, 2.05) is 19.9 Å². The highest BCUT2D eigenvalue weighted by Gasteiger charge is 2.34. The second-order valence-electron chi connectivity index (χ2n) is 8.98. The van der Waals surface area contributed by atoms with Gasteiger partial charge >= 0.3 is 6.03 Å². The van der Waals surface area contributed by atoms with Crippen molar-refractivity contribution in [3.63, 3.8) is 0 Å². The van der Waals surface area contributed by atoms with Crippen LogP contribution >= 0.6 is 11.3 Å². The molecule has 0 aliphatic carbocycles. The van der Waals surface area contributed by atoms with Gasteiger partial charge in [-0.05, 0) is 43.0 Å². The lowest BCUT2D eigenvalue weighted by Gasteiger charge is -2.32. The van der Waals surface area contributed by atoms with E-state index >= 15 is 0 Å². The number of rotatable bonds is 5. The number of piperidine rings is 1. The number of nitrogens with zero attached hydrogens (tertiary/aromatic N) is 4. The number of urea groups is 1. The van der Waals surface area contributed by atoms with Crippen LogP contribution in [0.25, 0.3) is 10.2 Å². The fourth-order valence-electron chi connectivity index (χ4n) is 4.57. The van der Waals surface area contributed by atoms with Crippen molar-refractivity contribution in [2.45, 2.75) is 38.6 Å². The first kappa shape index (κ1) is 23.0. The molecule has 3 aromatic rings. The number of anilines is 3. The van der Waals surface area contributed by atoms with Crippen LogP contribution in [0, 0.1) is 0 Å². The van der Waals surface area contributed by atoms with E-state index in [4.69, 9.17) is 0 Å². The van der Waals surface area contributed by atoms with Crippen LogP contribution in [0.15, 0.2) is 43.2 Å². The van der Waals surface area contributed by atoms with Crippen LogP contribution in [0.1, 0.15) is 48.0 Å². The molecule has 0 aromatic carbocycles. The third-order valence-electron chi connectivity index (χ3n) is 6.31. The molecule has 2 N–H and O–H groups in total. The Bertz CT molecular complexity index is 1350. The van der Waals surface area contributed by atoms with Crippen LogP contribution in [0.5, 0.6) is 0 Å². The summed E-state index contributed by atoms with van der Waals surface area (Å²) in [7, 11) is 0. The van der Waals surface area contributed by atoms with Crippen molar-refractivity contribution >= 4 is 56.5 Å². The Morgan fingerprint density at radius 1 is 1.29 bits per heavy atom. The Morgan fingerprint density at radius 2 is 2.09 bits per heavy atom. The second-order valence-corrected chi connectivity index (χ2v) is 9.98. The van der Waals surface area contributed by atoms with E-state index in [0.717, 1.165) is 23.9 Å². The lowest BCUT2D eigenvalue weighted by atomic mass is 10.1. The molecule has 0 saturated carbocycles. The lowest BCUT2D eigenvalue weighted by molar-refractivity contribution is -0.127. The third kappa shape index (κ3) is 4.14. The fourth-order valence-corrected chi connectivity index (χ4v) is 5.59. The van der Waals surface area contributed by atoms with Crippen molar-refractivity contribution in [3.05, 3.63) is 53.8 Å². The molecular formula is C25H26N6O3S. The third-order valence-corrected chi connectivity index (χ3v) is 7.41. The molecule has 0 radical (unpaired) electrons. The van der Waals surface area contributed by atoms with Crippen LogP contribution in [0.4, 0.5) is 21.9 Å². The van der Waals surface area contributed by atoms with Crippen molar-refractivity contribution in [2.24, 2.45) is 0 Å². The Labute approximate surface area is 206 Å². The van der Waals surface area contributed by atoms with Gasteiger partial charge in [0.15, 0.2) is 0 Å². The molecule has 0 bridgehead atoms. The summed E-state index contributed by atoms with van der Waals surface area (Å²) in [5.74, 6) is -0.213. The molecule has 1 saturated heterocycles. The summed E-state index contributed by atoms with van der Waals surface area (Å²) in [5.41, 5.74) is 2.73. The molecule has 5 rings (SSSR count). The molecule has 9 nitrogen and oxygen atoms in total. The van der Waals surface area contributed by atoms with Gasteiger partial charge in [0.05, 0.1) is 22.4 Å². The van der Waals surface area contributed by atoms with Crippen molar-refractivity contribution in [2.75, 3.05) is 23.3 Å². The van der Waals surface area contributed by atoms with Crippen molar-refractivity contribution in [3.8, 4) is 0 Å². The standard InChI is InChI=1S/C25H26N6O3S/c1-4-19(32)30-11-5-6-15(13-30)28-23(33)22-21-20-18(8-10-27-24(20)35-22)31(25(34)29-21)16-7-9-26-17(12-16)14(2)3/h4,7-10,12,14-15H,1,5-6,11,13H2,2-3H3,(H,28,33)(H,29,34). The molecule has 0 spiro atoms. The van der Waals surface area contributed by atoms with E-state index < -0.39 is 0 Å². The molecule has 4 amide bonds. The monoisotopic (exact) mass is 490 g/mol. The minimum atomic E-state index is -0.348. The lowest BCUT2D eigenvalue weighted by Crippen LogP contribution is -2.49. The quantitative estimate of drug-likeness (QED) is 0.515. The SMILES string of the molecule is C=CC(=O)N1CCCC(NC(=O)c2sc3nccc4c3c2NC(=O)N4c2ccnc(C(C)C)c2)C1. The van der Waals surface area contributed by atoms with Gasteiger partial charge in [0, 0.05) is 37.2 Å². The fraction of sp³-hybridized carbons (Fsp3) is 0.320. The summed E-state index contributed by atoms with van der Waals surface area (Å²) in [5, 5.41) is 6.70. The highest BCUT2D eigenvalue weighted by Crippen LogP contribution is 2.45. The smallest absolute Gasteiger partial charge is 0.331 e. The van der Waals surface area contributed by atoms with Crippen molar-refractivity contribution < 1.29 is 14.4 Å². The van der Waals surface area contributed by atoms with Crippen molar-refractivity contribution in [1.29, 1.82) is 0 Å². The van der Waals surface area contributed by atoms with Crippen LogP contribution in [0.2, 0.25) is 0 Å². The molecule has 10 heteroatoms. The number of aromatic nitrogens is 2. The van der Waals surface area contributed by atoms with Gasteiger partial charge in [0.1, 0.15) is 9.71 Å². The van der Waals surface area contributed by atoms with Crippen LogP contribution in [-0.2, 0) is 4.79 Å². The molecule has 3 aromatic heterocycles. The first-order chi connectivity index (χ1) is 16.9. The van der Waals surface area contributed by atoms with E-state index in [9.17, 15) is 14.4 Å². The van der Waals surface area contributed by atoms with Gasteiger partial charge in [0.25, 0.3) is 5.91 Å². The van der Waals surface area contributed by atoms with E-state index in [1.165, 1.54) is 17.4 Å². The van der Waals surface area contributed by atoms with Gasteiger partial charge in [-0.25, -0.2) is 9.78 Å². The number of nitrogens with one attached hydrogen (secondary N) is 2. The maximum atomic E-state index is 13.3. The first-order valence-electron chi connectivity index (χ1n) is 11.6. The van der Waals surface area contributed by atoms with E-state index in [2.05, 4.69) is 27.2 Å². The Kier molecular flexibility index (Phi) is 5.98. The minimum Gasteiger partial charge on any atom is -0.347 e. The number of hydrogen-bond donors (Lipinski definition) is 2. The number of likely N-dealkylation sites (tertiary alicyclic amines) is 1. The number of carbonyl (C=O) groups is 3. The number of carbonyl (C=O) groups excluding carboxylic acids is 3. The zero-order valence-electron chi connectivity index (χ0n) is 19.6. The molecule has 180 valence electrons. The van der Waals surface area contributed by atoms with E-state index in [-0.39, 0.29) is 29.8 Å². The highest BCUT2D eigenvalue weighted by atomic mass is 32.1. The van der Waals surface area contributed by atoms with Crippen LogP contribution in [0.3, 0.4) is 0 Å². The normalized spacial score (nSPS) is 17.5. The Hall–Kier alpha value is -3.79. The summed E-state index contributed by atoms with van der Waals surface area (Å²) in [6.07, 6.45) is 6.21. The zero-order valence-corrected chi connectivity index (χ0v) is 20.4. The molecule has 5 heterocycles. The van der Waals surface area contributed by atoms with Gasteiger partial charge < -0.3 is 15.5 Å². The molecular weight excluding hydrogens is 464 g/mol. The molecule has 2 aliphatic heterocycles. The van der Waals surface area contributed by atoms with E-state index in [1.54, 1.807) is 34.3 Å². The summed E-state index contributed by atoms with van der Waals surface area (Å²) in [4.78, 5) is 51.8. The van der Waals surface area contributed by atoms with E-state index in [0.29, 0.717) is 39.9 Å². The maximum absolute atomic E-state index is 13.3. The van der Waals surface area contributed by atoms with Gasteiger partial charge in [0.2, 0.25) is 5.91 Å².